The molecule has 8 nitrogen and oxygen atoms in total. The monoisotopic (exact) mass is 456 g/mol. The van der Waals surface area contributed by atoms with Crippen LogP contribution in [0.15, 0.2) is 24.3 Å². The fourth-order valence-corrected chi connectivity index (χ4v) is 5.55. The summed E-state index contributed by atoms with van der Waals surface area (Å²) in [5.74, 6) is 0.957. The number of carbonyl (C=O) groups is 3. The Morgan fingerprint density at radius 1 is 1.15 bits per heavy atom. The van der Waals surface area contributed by atoms with E-state index in [-0.39, 0.29) is 30.8 Å². The lowest BCUT2D eigenvalue weighted by atomic mass is 9.83. The number of urea groups is 1. The van der Waals surface area contributed by atoms with Crippen molar-refractivity contribution in [3.63, 3.8) is 0 Å². The summed E-state index contributed by atoms with van der Waals surface area (Å²) in [7, 11) is 1.60. The molecule has 33 heavy (non-hydrogen) atoms. The van der Waals surface area contributed by atoms with Gasteiger partial charge in [-0.3, -0.25) is 14.5 Å². The molecule has 0 bridgehead atoms. The van der Waals surface area contributed by atoms with Gasteiger partial charge in [-0.05, 0) is 69.2 Å². The lowest BCUT2D eigenvalue weighted by Crippen LogP contribution is -2.51. The predicted molar refractivity (Wildman–Crippen MR) is 125 cm³/mol. The van der Waals surface area contributed by atoms with Crippen molar-refractivity contribution in [2.45, 2.75) is 63.5 Å². The molecule has 0 aliphatic carbocycles. The summed E-state index contributed by atoms with van der Waals surface area (Å²) < 4.78 is 5.35. The zero-order valence-electron chi connectivity index (χ0n) is 19.6. The molecular weight excluding hydrogens is 420 g/mol. The van der Waals surface area contributed by atoms with Crippen LogP contribution < -0.4 is 15.4 Å². The third kappa shape index (κ3) is 5.66. The number of para-hydroxylation sites is 1. The molecule has 4 amide bonds. The van der Waals surface area contributed by atoms with E-state index in [0.29, 0.717) is 31.3 Å². The Morgan fingerprint density at radius 3 is 2.82 bits per heavy atom. The molecule has 0 unspecified atom stereocenters. The number of imide groups is 1. The maximum Gasteiger partial charge on any atom is 0.324 e. The molecule has 0 saturated carbocycles. The third-order valence-electron chi connectivity index (χ3n) is 7.35. The Hall–Kier alpha value is -2.61. The van der Waals surface area contributed by atoms with Crippen LogP contribution in [0.4, 0.5) is 4.79 Å². The maximum absolute atomic E-state index is 12.7. The minimum Gasteiger partial charge on any atom is -0.496 e. The molecule has 0 radical (unpaired) electrons. The van der Waals surface area contributed by atoms with Gasteiger partial charge in [-0.1, -0.05) is 24.6 Å². The van der Waals surface area contributed by atoms with Gasteiger partial charge in [0, 0.05) is 25.6 Å². The summed E-state index contributed by atoms with van der Waals surface area (Å²) in [5, 5.41) is 5.83. The topological polar surface area (TPSA) is 91.0 Å². The number of piperidine rings is 2. The number of ether oxygens (including phenoxy) is 1. The molecule has 8 heteroatoms. The van der Waals surface area contributed by atoms with Crippen molar-refractivity contribution < 1.29 is 19.1 Å². The van der Waals surface area contributed by atoms with Crippen molar-refractivity contribution in [2.75, 3.05) is 33.3 Å². The van der Waals surface area contributed by atoms with Crippen LogP contribution in [-0.2, 0) is 16.0 Å². The van der Waals surface area contributed by atoms with Gasteiger partial charge in [-0.25, -0.2) is 4.79 Å². The number of hydrogen-bond donors (Lipinski definition) is 2. The predicted octanol–water partition coefficient (Wildman–Crippen LogP) is 2.32. The second-order valence-corrected chi connectivity index (χ2v) is 9.40. The van der Waals surface area contributed by atoms with Gasteiger partial charge in [0.05, 0.1) is 7.11 Å². The van der Waals surface area contributed by atoms with Crippen molar-refractivity contribution in [3.8, 4) is 5.75 Å². The van der Waals surface area contributed by atoms with Gasteiger partial charge in [0.25, 0.3) is 5.91 Å². The van der Waals surface area contributed by atoms with Crippen molar-refractivity contribution in [1.29, 1.82) is 0 Å². The molecule has 180 valence electrons. The van der Waals surface area contributed by atoms with E-state index in [2.05, 4.69) is 15.5 Å². The third-order valence-corrected chi connectivity index (χ3v) is 7.35. The van der Waals surface area contributed by atoms with Crippen molar-refractivity contribution in [2.24, 2.45) is 5.92 Å². The van der Waals surface area contributed by atoms with Gasteiger partial charge in [0.15, 0.2) is 0 Å². The van der Waals surface area contributed by atoms with E-state index in [0.717, 1.165) is 11.3 Å². The first-order chi connectivity index (χ1) is 16.1. The summed E-state index contributed by atoms with van der Waals surface area (Å²) in [5.41, 5.74) is 0.947. The zero-order chi connectivity index (χ0) is 23.2. The van der Waals surface area contributed by atoms with Crippen LogP contribution in [0.1, 0.15) is 50.5 Å². The highest BCUT2D eigenvalue weighted by Gasteiger charge is 2.38. The first-order valence-electron chi connectivity index (χ1n) is 12.3. The fraction of sp³-hybridized carbons (Fsp3) is 0.640. The maximum atomic E-state index is 12.7. The van der Waals surface area contributed by atoms with Gasteiger partial charge < -0.3 is 20.3 Å². The first kappa shape index (κ1) is 23.5. The van der Waals surface area contributed by atoms with Crippen LogP contribution in [-0.4, -0.2) is 73.0 Å². The number of fused-ring (bicyclic) bond motifs is 1. The highest BCUT2D eigenvalue weighted by atomic mass is 16.5. The van der Waals surface area contributed by atoms with E-state index in [1.807, 2.05) is 24.3 Å². The Kier molecular flexibility index (Phi) is 7.85. The van der Waals surface area contributed by atoms with Crippen LogP contribution in [0.25, 0.3) is 0 Å². The average molecular weight is 457 g/mol. The van der Waals surface area contributed by atoms with E-state index < -0.39 is 6.04 Å². The number of carbonyl (C=O) groups excluding carboxylic acids is 3. The van der Waals surface area contributed by atoms with E-state index in [1.165, 1.54) is 50.1 Å². The number of benzene rings is 1. The fourth-order valence-electron chi connectivity index (χ4n) is 5.55. The molecule has 3 fully saturated rings. The van der Waals surface area contributed by atoms with Crippen molar-refractivity contribution >= 4 is 17.8 Å². The average Bonchev–Trinajstić information content (AvgIpc) is 3.12. The van der Waals surface area contributed by atoms with Crippen LogP contribution in [0.5, 0.6) is 5.75 Å². The van der Waals surface area contributed by atoms with Gasteiger partial charge in [0.1, 0.15) is 11.8 Å². The first-order valence-corrected chi connectivity index (χ1v) is 12.3. The SMILES string of the molecule is COc1ccccc1CCN1C(=O)N[C@@H](CCC(=O)NC[C@@H]2CCCN3CCCC[C@H]23)C1=O. The Bertz CT molecular complexity index is 859. The largest absolute Gasteiger partial charge is 0.496 e. The molecule has 3 heterocycles. The standard InChI is InChI=1S/C25H36N4O4/c1-33-22-10-3-2-7-18(22)13-16-29-24(31)20(27-25(29)32)11-12-23(30)26-17-19-8-6-15-28-14-5-4-9-21(19)28/h2-3,7,10,19-21H,4-6,8-9,11-17H2,1H3,(H,26,30)(H,27,32)/t19-,20-,21+/m0/s1. The molecule has 3 aliphatic heterocycles. The highest BCUT2D eigenvalue weighted by Crippen LogP contribution is 2.30. The highest BCUT2D eigenvalue weighted by molar-refractivity contribution is 6.04. The quantitative estimate of drug-likeness (QED) is 0.557. The molecule has 1 aromatic carbocycles. The Morgan fingerprint density at radius 2 is 1.97 bits per heavy atom. The van der Waals surface area contributed by atoms with Crippen LogP contribution in [0.2, 0.25) is 0 Å². The van der Waals surface area contributed by atoms with E-state index in [9.17, 15) is 14.4 Å². The van der Waals surface area contributed by atoms with Gasteiger partial charge >= 0.3 is 6.03 Å². The second kappa shape index (κ2) is 11.0. The number of hydrogen-bond acceptors (Lipinski definition) is 5. The molecule has 3 aliphatic rings. The van der Waals surface area contributed by atoms with Crippen molar-refractivity contribution in [3.05, 3.63) is 29.8 Å². The van der Waals surface area contributed by atoms with Crippen LogP contribution in [0.3, 0.4) is 0 Å². The lowest BCUT2D eigenvalue weighted by Gasteiger charge is -2.44. The molecule has 3 saturated heterocycles. The molecule has 1 aromatic rings. The summed E-state index contributed by atoms with van der Waals surface area (Å²) in [6.45, 7) is 3.36. The van der Waals surface area contributed by atoms with Crippen LogP contribution >= 0.6 is 0 Å². The second-order valence-electron chi connectivity index (χ2n) is 9.40. The van der Waals surface area contributed by atoms with Gasteiger partial charge in [-0.2, -0.15) is 0 Å². The minimum absolute atomic E-state index is 0.0440. The number of methoxy groups -OCH3 is 1. The summed E-state index contributed by atoms with van der Waals surface area (Å²) in [6.07, 6.45) is 7.24. The van der Waals surface area contributed by atoms with E-state index in [1.54, 1.807) is 7.11 Å². The number of amides is 4. The smallest absolute Gasteiger partial charge is 0.324 e. The van der Waals surface area contributed by atoms with E-state index in [4.69, 9.17) is 4.74 Å². The van der Waals surface area contributed by atoms with Crippen LogP contribution in [0, 0.1) is 5.92 Å². The number of rotatable bonds is 9. The van der Waals surface area contributed by atoms with Gasteiger partial charge in [0.2, 0.25) is 5.91 Å². The van der Waals surface area contributed by atoms with Crippen molar-refractivity contribution in [1.82, 2.24) is 20.4 Å². The molecule has 0 aromatic heterocycles. The molecular formula is C25H36N4O4. The summed E-state index contributed by atoms with van der Waals surface area (Å²) >= 11 is 0. The molecule has 2 N–H and O–H groups in total. The number of nitrogens with zero attached hydrogens (tertiary/aromatic N) is 2. The normalized spacial score (nSPS) is 25.5. The summed E-state index contributed by atoms with van der Waals surface area (Å²) in [6, 6.07) is 7.16. The Labute approximate surface area is 196 Å². The minimum atomic E-state index is -0.635. The molecule has 3 atom stereocenters. The summed E-state index contributed by atoms with van der Waals surface area (Å²) in [4.78, 5) is 41.4. The van der Waals surface area contributed by atoms with Gasteiger partial charge in [-0.15, -0.1) is 0 Å². The lowest BCUT2D eigenvalue weighted by molar-refractivity contribution is -0.127. The molecule has 0 spiro atoms. The number of nitrogens with one attached hydrogen (secondary N) is 2. The zero-order valence-corrected chi connectivity index (χ0v) is 19.6. The molecule has 4 rings (SSSR count). The Balaban J connectivity index is 1.21. The van der Waals surface area contributed by atoms with E-state index >= 15 is 0 Å².